The summed E-state index contributed by atoms with van der Waals surface area (Å²) >= 11 is 0. The number of carbonyl (C=O) groups is 1. The molecule has 2 amide bonds. The van der Waals surface area contributed by atoms with E-state index in [0.29, 0.717) is 67.7 Å². The number of aromatic nitrogens is 9. The van der Waals surface area contributed by atoms with Crippen molar-refractivity contribution in [1.29, 1.82) is 0 Å². The third-order valence-electron chi connectivity index (χ3n) is 10.6. The van der Waals surface area contributed by atoms with Gasteiger partial charge in [-0.25, -0.2) is 9.78 Å². The lowest BCUT2D eigenvalue weighted by Gasteiger charge is -2.27. The van der Waals surface area contributed by atoms with E-state index in [2.05, 4.69) is 50.0 Å². The number of aryl methyl sites for hydroxylation is 1. The lowest BCUT2D eigenvalue weighted by Crippen LogP contribution is -2.44. The molecule has 5 heterocycles. The summed E-state index contributed by atoms with van der Waals surface area (Å²) in [7, 11) is 0. The quantitative estimate of drug-likeness (QED) is 0.144. The number of hydrogen-bond acceptors (Lipinski definition) is 12. The smallest absolute Gasteiger partial charge is 0.315 e. The minimum absolute atomic E-state index is 0.00518. The molecule has 1 saturated carbocycles. The van der Waals surface area contributed by atoms with Gasteiger partial charge in [0.1, 0.15) is 18.2 Å². The van der Waals surface area contributed by atoms with Crippen molar-refractivity contribution in [1.82, 2.24) is 49.6 Å². The molecule has 2 aromatic carbocycles. The highest BCUT2D eigenvalue weighted by Crippen LogP contribution is 2.40. The number of nitrogens with one attached hydrogen (secondary N) is 1. The highest BCUT2D eigenvalue weighted by atomic mass is 16.3. The molecule has 1 saturated heterocycles. The molecule has 278 valence electrons. The summed E-state index contributed by atoms with van der Waals surface area (Å²) in [4.78, 5) is 37.1. The van der Waals surface area contributed by atoms with E-state index in [1.807, 2.05) is 71.0 Å². The molecule has 8 rings (SSSR count). The number of nitrogens with zero attached hydrogens (tertiary/aromatic N) is 11. The monoisotopic (exact) mass is 729 g/mol. The van der Waals surface area contributed by atoms with E-state index >= 15 is 0 Å². The number of aliphatic hydroxyl groups is 2. The van der Waals surface area contributed by atoms with Crippen LogP contribution in [0.3, 0.4) is 0 Å². The minimum atomic E-state index is -1.15. The fourth-order valence-corrected chi connectivity index (χ4v) is 7.67. The van der Waals surface area contributed by atoms with Crippen molar-refractivity contribution in [3.8, 4) is 0 Å². The molecule has 16 heteroatoms. The van der Waals surface area contributed by atoms with Gasteiger partial charge in [-0.15, -0.1) is 10.2 Å². The van der Waals surface area contributed by atoms with E-state index in [1.54, 1.807) is 17.4 Å². The van der Waals surface area contributed by atoms with Crippen LogP contribution in [-0.2, 0) is 13.0 Å². The van der Waals surface area contributed by atoms with Gasteiger partial charge in [0, 0.05) is 38.2 Å². The number of urea groups is 1. The predicted molar refractivity (Wildman–Crippen MR) is 200 cm³/mol. The summed E-state index contributed by atoms with van der Waals surface area (Å²) in [6.45, 7) is 3.77. The third-order valence-corrected chi connectivity index (χ3v) is 10.6. The molecule has 6 aromatic rings. The normalized spacial score (nSPS) is 21.3. The summed E-state index contributed by atoms with van der Waals surface area (Å²) in [5, 5.41) is 38.9. The molecule has 1 aliphatic heterocycles. The number of nitrogens with two attached hydrogens (primary N) is 1. The van der Waals surface area contributed by atoms with Crippen LogP contribution in [0.25, 0.3) is 11.2 Å². The lowest BCUT2D eigenvalue weighted by atomic mass is 9.91. The molecule has 4 aromatic heterocycles. The second-order valence-electron chi connectivity index (χ2n) is 13.9. The standard InChI is InChI=1S/C38H43N13O3/c1-2-31-45-47-51(46-31)30-19-29(33(52)34(30)53)50-23-42-32-35(41-20-28(24-11-5-3-6-12-24)25-13-7-4-8-14-25)43-38(44-36(32)50)48-18-16-27(22-48)49(37(39)54)21-26-15-9-10-17-40-26/h3-15,17,23,27-30,33-34,52-53H,2,16,18-22H2,1H3,(H2,39,54)(H,41,43,44)/t27-,29-,30+,33+,34-/m1/s1. The van der Waals surface area contributed by atoms with Gasteiger partial charge in [0.15, 0.2) is 22.8 Å². The van der Waals surface area contributed by atoms with Gasteiger partial charge in [0.05, 0.1) is 30.6 Å². The van der Waals surface area contributed by atoms with Gasteiger partial charge in [-0.05, 0) is 41.3 Å². The maximum atomic E-state index is 12.7. The van der Waals surface area contributed by atoms with Gasteiger partial charge in [0.25, 0.3) is 0 Å². The van der Waals surface area contributed by atoms with Gasteiger partial charge >= 0.3 is 6.03 Å². The topological polar surface area (TPSA) is 202 Å². The molecular formula is C38H43N13O3. The first-order chi connectivity index (χ1) is 26.4. The first-order valence-corrected chi connectivity index (χ1v) is 18.3. The lowest BCUT2D eigenvalue weighted by molar-refractivity contribution is 0.00473. The molecule has 5 N–H and O–H groups in total. The third kappa shape index (κ3) is 6.92. The summed E-state index contributed by atoms with van der Waals surface area (Å²) in [6.07, 6.45) is 2.64. The van der Waals surface area contributed by atoms with Crippen molar-refractivity contribution in [2.24, 2.45) is 5.73 Å². The Kier molecular flexibility index (Phi) is 9.84. The van der Waals surface area contributed by atoms with E-state index in [0.717, 1.165) is 16.8 Å². The number of amides is 2. The average molecular weight is 730 g/mol. The Morgan fingerprint density at radius 1 is 0.963 bits per heavy atom. The van der Waals surface area contributed by atoms with Gasteiger partial charge in [-0.3, -0.25) is 4.98 Å². The first-order valence-electron chi connectivity index (χ1n) is 18.3. The Bertz CT molecular complexity index is 2140. The maximum Gasteiger partial charge on any atom is 0.315 e. The highest BCUT2D eigenvalue weighted by molar-refractivity contribution is 5.84. The molecule has 0 radical (unpaired) electrons. The van der Waals surface area contributed by atoms with Gasteiger partial charge < -0.3 is 35.6 Å². The minimum Gasteiger partial charge on any atom is -0.388 e. The highest BCUT2D eigenvalue weighted by Gasteiger charge is 2.45. The van der Waals surface area contributed by atoms with Crippen molar-refractivity contribution in [2.45, 2.75) is 69.0 Å². The number of fused-ring (bicyclic) bond motifs is 1. The summed E-state index contributed by atoms with van der Waals surface area (Å²) in [6, 6.07) is 24.3. The fraction of sp³-hybridized carbons (Fsp3) is 0.368. The van der Waals surface area contributed by atoms with Crippen LogP contribution in [0.15, 0.2) is 91.4 Å². The SMILES string of the molecule is CCc1nnn([C@H]2C[C@@H](n3cnc4c(NCC(c5ccccc5)c5ccccc5)nc(N5CC[C@@H](N(Cc6ccccn6)C(N)=O)C5)nc43)[C@H](O)[C@@H]2O)n1. The summed E-state index contributed by atoms with van der Waals surface area (Å²) in [5.74, 6) is 1.54. The first kappa shape index (κ1) is 35.1. The molecule has 5 atom stereocenters. The number of hydrogen-bond donors (Lipinski definition) is 4. The maximum absolute atomic E-state index is 12.7. The summed E-state index contributed by atoms with van der Waals surface area (Å²) < 4.78 is 1.81. The Hall–Kier alpha value is -6.00. The van der Waals surface area contributed by atoms with Crippen LogP contribution in [0.5, 0.6) is 0 Å². The zero-order valence-electron chi connectivity index (χ0n) is 29.9. The molecule has 2 aliphatic rings. The fourth-order valence-electron chi connectivity index (χ4n) is 7.67. The zero-order chi connectivity index (χ0) is 37.2. The number of primary amides is 1. The van der Waals surface area contributed by atoms with E-state index in [4.69, 9.17) is 20.7 Å². The van der Waals surface area contributed by atoms with E-state index in [9.17, 15) is 15.0 Å². The van der Waals surface area contributed by atoms with Gasteiger partial charge in [-0.1, -0.05) is 73.7 Å². The number of pyridine rings is 1. The Morgan fingerprint density at radius 2 is 1.69 bits per heavy atom. The number of imidazole rings is 1. The van der Waals surface area contributed by atoms with Crippen LogP contribution >= 0.6 is 0 Å². The molecule has 0 spiro atoms. The van der Waals surface area contributed by atoms with Crippen LogP contribution in [-0.4, -0.2) is 104 Å². The zero-order valence-corrected chi connectivity index (χ0v) is 29.9. The van der Waals surface area contributed by atoms with Crippen LogP contribution in [0.1, 0.15) is 60.4 Å². The van der Waals surface area contributed by atoms with Crippen LogP contribution in [0, 0.1) is 0 Å². The second-order valence-corrected chi connectivity index (χ2v) is 13.9. The Morgan fingerprint density at radius 3 is 2.35 bits per heavy atom. The number of tetrazole rings is 1. The molecule has 54 heavy (non-hydrogen) atoms. The van der Waals surface area contributed by atoms with Crippen LogP contribution < -0.4 is 16.0 Å². The molecule has 1 aliphatic carbocycles. The van der Waals surface area contributed by atoms with Crippen molar-refractivity contribution >= 4 is 29.0 Å². The molecule has 2 fully saturated rings. The molecule has 16 nitrogen and oxygen atoms in total. The number of aliphatic hydroxyl groups excluding tert-OH is 2. The van der Waals surface area contributed by atoms with E-state index in [-0.39, 0.29) is 18.5 Å². The predicted octanol–water partition coefficient (Wildman–Crippen LogP) is 3.08. The number of rotatable bonds is 12. The van der Waals surface area contributed by atoms with Crippen molar-refractivity contribution in [3.05, 3.63) is 114 Å². The second kappa shape index (κ2) is 15.2. The van der Waals surface area contributed by atoms with Crippen molar-refractivity contribution < 1.29 is 15.0 Å². The molecular weight excluding hydrogens is 687 g/mol. The van der Waals surface area contributed by atoms with Crippen LogP contribution in [0.2, 0.25) is 0 Å². The van der Waals surface area contributed by atoms with Gasteiger partial charge in [0.2, 0.25) is 5.95 Å². The van der Waals surface area contributed by atoms with Crippen molar-refractivity contribution in [3.63, 3.8) is 0 Å². The Balaban J connectivity index is 1.14. The van der Waals surface area contributed by atoms with Gasteiger partial charge in [-0.2, -0.15) is 14.8 Å². The average Bonchev–Trinajstić information content (AvgIpc) is 4.02. The van der Waals surface area contributed by atoms with E-state index < -0.39 is 30.3 Å². The molecule has 0 unspecified atom stereocenters. The number of anilines is 2. The van der Waals surface area contributed by atoms with Crippen molar-refractivity contribution in [2.75, 3.05) is 29.9 Å². The van der Waals surface area contributed by atoms with Crippen LogP contribution in [0.4, 0.5) is 16.6 Å². The largest absolute Gasteiger partial charge is 0.388 e. The Labute approximate surface area is 311 Å². The number of benzene rings is 2. The number of carbonyl (C=O) groups excluding carboxylic acids is 1. The van der Waals surface area contributed by atoms with E-state index in [1.165, 1.54) is 4.80 Å². The summed E-state index contributed by atoms with van der Waals surface area (Å²) in [5.41, 5.74) is 9.98. The molecule has 0 bridgehead atoms.